The highest BCUT2D eigenvalue weighted by molar-refractivity contribution is 7.15. The van der Waals surface area contributed by atoms with E-state index in [0.717, 1.165) is 10.6 Å². The number of benzene rings is 1. The molecule has 1 aromatic carbocycles. The lowest BCUT2D eigenvalue weighted by Gasteiger charge is -2.19. The summed E-state index contributed by atoms with van der Waals surface area (Å²) in [6.45, 7) is 5.85. The van der Waals surface area contributed by atoms with Gasteiger partial charge < -0.3 is 10.2 Å². The average Bonchev–Trinajstić information content (AvgIpc) is 2.93. The molecule has 0 saturated carbocycles. The van der Waals surface area contributed by atoms with Crippen LogP contribution in [0.5, 0.6) is 0 Å². The number of nitrogens with zero attached hydrogens (tertiary/aromatic N) is 2. The van der Waals surface area contributed by atoms with Gasteiger partial charge >= 0.3 is 0 Å². The molecule has 0 spiro atoms. The van der Waals surface area contributed by atoms with Crippen molar-refractivity contribution in [3.63, 3.8) is 0 Å². The van der Waals surface area contributed by atoms with Crippen LogP contribution >= 0.6 is 34.5 Å². The van der Waals surface area contributed by atoms with Crippen molar-refractivity contribution >= 4 is 46.1 Å². The second-order valence-corrected chi connectivity index (χ2v) is 6.71. The number of nitrogens with one attached hydrogen (secondary N) is 1. The molecule has 2 aromatic rings. The van der Waals surface area contributed by atoms with Crippen LogP contribution in [-0.4, -0.2) is 28.9 Å². The first kappa shape index (κ1) is 17.1. The number of thiazole rings is 1. The topological polar surface area (TPSA) is 45.2 Å². The number of carbonyl (C=O) groups excluding carboxylic acids is 1. The van der Waals surface area contributed by atoms with Crippen LogP contribution in [-0.2, 0) is 6.54 Å². The number of aromatic nitrogens is 1. The molecule has 118 valence electrons. The molecule has 1 heterocycles. The van der Waals surface area contributed by atoms with E-state index in [9.17, 15) is 4.79 Å². The number of carbonyl (C=O) groups is 1. The number of rotatable bonds is 6. The minimum absolute atomic E-state index is 0.00514. The monoisotopic (exact) mass is 357 g/mol. The van der Waals surface area contributed by atoms with Crippen molar-refractivity contribution < 1.29 is 4.79 Å². The Morgan fingerprint density at radius 1 is 1.32 bits per heavy atom. The molecule has 0 bridgehead atoms. The molecule has 0 aliphatic carbocycles. The second-order valence-electron chi connectivity index (χ2n) is 4.61. The van der Waals surface area contributed by atoms with E-state index in [4.69, 9.17) is 23.2 Å². The normalized spacial score (nSPS) is 10.5. The van der Waals surface area contributed by atoms with Gasteiger partial charge in [-0.25, -0.2) is 4.98 Å². The first-order valence-corrected chi connectivity index (χ1v) is 8.55. The zero-order chi connectivity index (χ0) is 16.1. The Bertz CT molecular complexity index is 656. The van der Waals surface area contributed by atoms with Gasteiger partial charge in [-0.15, -0.1) is 11.3 Å². The van der Waals surface area contributed by atoms with Gasteiger partial charge in [0.25, 0.3) is 5.91 Å². The molecule has 0 atom stereocenters. The summed E-state index contributed by atoms with van der Waals surface area (Å²) < 4.78 is 0.508. The van der Waals surface area contributed by atoms with Crippen molar-refractivity contribution in [2.24, 2.45) is 0 Å². The second kappa shape index (κ2) is 7.81. The molecule has 0 unspecified atom stereocenters. The Morgan fingerprint density at radius 2 is 2.05 bits per heavy atom. The zero-order valence-electron chi connectivity index (χ0n) is 12.4. The van der Waals surface area contributed by atoms with Gasteiger partial charge in [0.15, 0.2) is 4.47 Å². The average molecular weight is 358 g/mol. The molecule has 0 aliphatic heterocycles. The predicted octanol–water partition coefficient (Wildman–Crippen LogP) is 4.54. The molecular formula is C15H17Cl2N3OS. The van der Waals surface area contributed by atoms with Crippen molar-refractivity contribution in [1.29, 1.82) is 0 Å². The van der Waals surface area contributed by atoms with Gasteiger partial charge in [0, 0.05) is 29.7 Å². The first-order valence-electron chi connectivity index (χ1n) is 6.98. The molecule has 2 rings (SSSR count). The largest absolute Gasteiger partial charge is 0.379 e. The summed E-state index contributed by atoms with van der Waals surface area (Å²) in [6.07, 6.45) is 1.72. The Kier molecular flexibility index (Phi) is 6.06. The Balaban J connectivity index is 2.14. The van der Waals surface area contributed by atoms with Crippen molar-refractivity contribution in [3.8, 4) is 0 Å². The maximum Gasteiger partial charge on any atom is 0.253 e. The molecule has 1 amide bonds. The number of hydrogen-bond donors (Lipinski definition) is 1. The molecule has 1 N–H and O–H groups in total. The third-order valence-electron chi connectivity index (χ3n) is 3.24. The molecule has 0 saturated heterocycles. The van der Waals surface area contributed by atoms with Crippen molar-refractivity contribution in [1.82, 2.24) is 9.88 Å². The van der Waals surface area contributed by atoms with Crippen LogP contribution in [0.15, 0.2) is 24.4 Å². The van der Waals surface area contributed by atoms with Crippen molar-refractivity contribution in [3.05, 3.63) is 44.3 Å². The van der Waals surface area contributed by atoms with Gasteiger partial charge in [0.1, 0.15) is 0 Å². The maximum atomic E-state index is 12.4. The number of anilines is 1. The van der Waals surface area contributed by atoms with E-state index < -0.39 is 0 Å². The maximum absolute atomic E-state index is 12.4. The molecule has 1 aromatic heterocycles. The molecule has 7 heteroatoms. The fourth-order valence-electron chi connectivity index (χ4n) is 2.03. The van der Waals surface area contributed by atoms with Crippen LogP contribution < -0.4 is 5.32 Å². The highest BCUT2D eigenvalue weighted by atomic mass is 35.5. The lowest BCUT2D eigenvalue weighted by molar-refractivity contribution is 0.0773. The molecule has 0 radical (unpaired) electrons. The highest BCUT2D eigenvalue weighted by Gasteiger charge is 2.14. The number of halogens is 2. The van der Waals surface area contributed by atoms with E-state index >= 15 is 0 Å². The van der Waals surface area contributed by atoms with E-state index in [2.05, 4.69) is 10.3 Å². The smallest absolute Gasteiger partial charge is 0.253 e. The van der Waals surface area contributed by atoms with Crippen LogP contribution in [0.25, 0.3) is 0 Å². The standard InChI is InChI=1S/C15H17Cl2N3OS/c1-3-20(4-2)14(21)10-5-6-12(16)13(7-10)18-8-11-9-19-15(17)22-11/h5-7,9,18H,3-4,8H2,1-2H3. The summed E-state index contributed by atoms with van der Waals surface area (Å²) in [4.78, 5) is 19.1. The summed E-state index contributed by atoms with van der Waals surface area (Å²) in [5.74, 6) is 0.00514. The zero-order valence-corrected chi connectivity index (χ0v) is 14.7. The van der Waals surface area contributed by atoms with Gasteiger partial charge in [0.2, 0.25) is 0 Å². The minimum atomic E-state index is 0.00514. The van der Waals surface area contributed by atoms with Gasteiger partial charge in [-0.1, -0.05) is 23.2 Å². The SMILES string of the molecule is CCN(CC)C(=O)c1ccc(Cl)c(NCc2cnc(Cl)s2)c1. The third kappa shape index (κ3) is 4.12. The Morgan fingerprint density at radius 3 is 2.64 bits per heavy atom. The van der Waals surface area contributed by atoms with Crippen LogP contribution in [0, 0.1) is 0 Å². The van der Waals surface area contributed by atoms with Gasteiger partial charge in [-0.3, -0.25) is 4.79 Å². The van der Waals surface area contributed by atoms with Crippen LogP contribution in [0.2, 0.25) is 9.49 Å². The van der Waals surface area contributed by atoms with Crippen LogP contribution in [0.4, 0.5) is 5.69 Å². The minimum Gasteiger partial charge on any atom is -0.379 e. The van der Waals surface area contributed by atoms with E-state index in [0.29, 0.717) is 34.7 Å². The number of amides is 1. The van der Waals surface area contributed by atoms with Crippen LogP contribution in [0.3, 0.4) is 0 Å². The third-order valence-corrected chi connectivity index (χ3v) is 4.69. The predicted molar refractivity (Wildman–Crippen MR) is 93.2 cm³/mol. The molecular weight excluding hydrogens is 341 g/mol. The quantitative estimate of drug-likeness (QED) is 0.824. The summed E-state index contributed by atoms with van der Waals surface area (Å²) in [5.41, 5.74) is 1.35. The summed E-state index contributed by atoms with van der Waals surface area (Å²) in [7, 11) is 0. The Hall–Kier alpha value is -1.30. The van der Waals surface area contributed by atoms with Crippen LogP contribution in [0.1, 0.15) is 29.1 Å². The van der Waals surface area contributed by atoms with E-state index in [1.165, 1.54) is 11.3 Å². The highest BCUT2D eigenvalue weighted by Crippen LogP contribution is 2.25. The molecule has 0 fully saturated rings. The number of hydrogen-bond acceptors (Lipinski definition) is 4. The summed E-state index contributed by atoms with van der Waals surface area (Å²) in [6, 6.07) is 5.27. The Labute approximate surface area is 144 Å². The summed E-state index contributed by atoms with van der Waals surface area (Å²) >= 11 is 13.4. The van der Waals surface area contributed by atoms with Gasteiger partial charge in [0.05, 0.1) is 17.3 Å². The summed E-state index contributed by atoms with van der Waals surface area (Å²) in [5, 5.41) is 3.80. The van der Waals surface area contributed by atoms with Gasteiger partial charge in [-0.05, 0) is 32.0 Å². The molecule has 4 nitrogen and oxygen atoms in total. The van der Waals surface area contributed by atoms with E-state index in [-0.39, 0.29) is 5.91 Å². The molecule has 0 aliphatic rings. The van der Waals surface area contributed by atoms with Gasteiger partial charge in [-0.2, -0.15) is 0 Å². The fraction of sp³-hybridized carbons (Fsp3) is 0.333. The lowest BCUT2D eigenvalue weighted by atomic mass is 10.1. The van der Waals surface area contributed by atoms with Crippen molar-refractivity contribution in [2.75, 3.05) is 18.4 Å². The molecule has 22 heavy (non-hydrogen) atoms. The fourth-order valence-corrected chi connectivity index (χ4v) is 3.14. The van der Waals surface area contributed by atoms with E-state index in [1.807, 2.05) is 13.8 Å². The first-order chi connectivity index (χ1) is 10.5. The lowest BCUT2D eigenvalue weighted by Crippen LogP contribution is -2.30. The van der Waals surface area contributed by atoms with Crippen molar-refractivity contribution in [2.45, 2.75) is 20.4 Å². The van der Waals surface area contributed by atoms with E-state index in [1.54, 1.807) is 29.3 Å².